The number of benzene rings is 2. The molecule has 0 spiro atoms. The van der Waals surface area contributed by atoms with E-state index in [4.69, 9.17) is 0 Å². The van der Waals surface area contributed by atoms with Gasteiger partial charge in [0, 0.05) is 32.3 Å². The van der Waals surface area contributed by atoms with Gasteiger partial charge in [-0.1, -0.05) is 42.5 Å². The van der Waals surface area contributed by atoms with Crippen molar-refractivity contribution in [3.63, 3.8) is 0 Å². The third-order valence-corrected chi connectivity index (χ3v) is 5.34. The Morgan fingerprint density at radius 1 is 1.19 bits per heavy atom. The molecule has 2 aromatic carbocycles. The Morgan fingerprint density at radius 2 is 2.00 bits per heavy atom. The van der Waals surface area contributed by atoms with Crippen LogP contribution in [0.1, 0.15) is 35.8 Å². The molecule has 1 aromatic heterocycles. The molecule has 4 nitrogen and oxygen atoms in total. The minimum atomic E-state index is 0.218. The average molecular weight is 347 g/mol. The number of fused-ring (bicyclic) bond motifs is 1. The molecular formula is C22H25N3O. The highest BCUT2D eigenvalue weighted by molar-refractivity contribution is 5.85. The molecule has 0 saturated carbocycles. The van der Waals surface area contributed by atoms with Gasteiger partial charge in [-0.3, -0.25) is 4.79 Å². The van der Waals surface area contributed by atoms with Gasteiger partial charge in [0.15, 0.2) is 0 Å². The minimum absolute atomic E-state index is 0.218. The minimum Gasteiger partial charge on any atom is -0.342 e. The Labute approximate surface area is 154 Å². The average Bonchev–Trinajstić information content (AvgIpc) is 3.00. The van der Waals surface area contributed by atoms with E-state index >= 15 is 0 Å². The highest BCUT2D eigenvalue weighted by Crippen LogP contribution is 2.26. The lowest BCUT2D eigenvalue weighted by Crippen LogP contribution is -2.40. The van der Waals surface area contributed by atoms with Gasteiger partial charge in [0.2, 0.25) is 5.91 Å². The summed E-state index contributed by atoms with van der Waals surface area (Å²) in [6.07, 6.45) is 4.67. The summed E-state index contributed by atoms with van der Waals surface area (Å²) in [5, 5.41) is 2.41. The summed E-state index contributed by atoms with van der Waals surface area (Å²) in [4.78, 5) is 19.6. The molecule has 0 aliphatic carbocycles. The first-order chi connectivity index (χ1) is 12.6. The van der Waals surface area contributed by atoms with E-state index in [0.717, 1.165) is 43.0 Å². The van der Waals surface area contributed by atoms with E-state index in [1.165, 1.54) is 10.8 Å². The van der Waals surface area contributed by atoms with Crippen LogP contribution in [-0.4, -0.2) is 33.4 Å². The summed E-state index contributed by atoms with van der Waals surface area (Å²) in [6.45, 7) is 3.65. The Kier molecular flexibility index (Phi) is 4.49. The molecule has 0 radical (unpaired) electrons. The van der Waals surface area contributed by atoms with Crippen LogP contribution in [0.2, 0.25) is 0 Å². The van der Waals surface area contributed by atoms with Gasteiger partial charge >= 0.3 is 0 Å². The number of carbonyl (C=O) groups excluding carboxylic acids is 1. The number of imidazole rings is 1. The third-order valence-electron chi connectivity index (χ3n) is 5.34. The molecule has 1 amide bonds. The summed E-state index contributed by atoms with van der Waals surface area (Å²) in [7, 11) is 2.05. The zero-order chi connectivity index (χ0) is 18.1. The van der Waals surface area contributed by atoms with Crippen LogP contribution in [0.4, 0.5) is 0 Å². The fourth-order valence-electron chi connectivity index (χ4n) is 4.06. The fraction of sp³-hybridized carbons (Fsp3) is 0.364. The van der Waals surface area contributed by atoms with Crippen molar-refractivity contribution in [1.29, 1.82) is 0 Å². The predicted molar refractivity (Wildman–Crippen MR) is 104 cm³/mol. The zero-order valence-corrected chi connectivity index (χ0v) is 15.5. The lowest BCUT2D eigenvalue weighted by atomic mass is 9.96. The highest BCUT2D eigenvalue weighted by Gasteiger charge is 2.27. The van der Waals surface area contributed by atoms with Crippen LogP contribution >= 0.6 is 0 Å². The van der Waals surface area contributed by atoms with E-state index in [0.29, 0.717) is 12.3 Å². The number of likely N-dealkylation sites (tertiary alicyclic amines) is 1. The largest absolute Gasteiger partial charge is 0.342 e. The monoisotopic (exact) mass is 347 g/mol. The molecule has 0 bridgehead atoms. The van der Waals surface area contributed by atoms with E-state index in [1.807, 2.05) is 31.0 Å². The second-order valence-corrected chi connectivity index (χ2v) is 7.39. The summed E-state index contributed by atoms with van der Waals surface area (Å²) < 4.78 is 2.11. The molecule has 134 valence electrons. The Balaban J connectivity index is 1.47. The lowest BCUT2D eigenvalue weighted by Gasteiger charge is -2.32. The molecule has 1 saturated heterocycles. The van der Waals surface area contributed by atoms with Crippen molar-refractivity contribution in [2.24, 2.45) is 7.05 Å². The predicted octanol–water partition coefficient (Wildman–Crippen LogP) is 3.83. The van der Waals surface area contributed by atoms with Gasteiger partial charge in [0.05, 0.1) is 12.1 Å². The summed E-state index contributed by atoms with van der Waals surface area (Å²) in [6, 6.07) is 14.6. The molecular weight excluding hydrogens is 322 g/mol. The van der Waals surface area contributed by atoms with Gasteiger partial charge in [0.25, 0.3) is 0 Å². The van der Waals surface area contributed by atoms with Crippen molar-refractivity contribution < 1.29 is 4.79 Å². The topological polar surface area (TPSA) is 38.1 Å². The van der Waals surface area contributed by atoms with Crippen LogP contribution in [0.3, 0.4) is 0 Å². The molecule has 4 heteroatoms. The number of aromatic nitrogens is 2. The third kappa shape index (κ3) is 3.36. The second kappa shape index (κ2) is 6.94. The Bertz CT molecular complexity index is 943. The number of carbonyl (C=O) groups is 1. The molecule has 0 N–H and O–H groups in total. The van der Waals surface area contributed by atoms with Gasteiger partial charge in [-0.05, 0) is 36.1 Å². The molecule has 26 heavy (non-hydrogen) atoms. The summed E-state index contributed by atoms with van der Waals surface area (Å²) in [5.41, 5.74) is 2.13. The van der Waals surface area contributed by atoms with Gasteiger partial charge < -0.3 is 9.47 Å². The lowest BCUT2D eigenvalue weighted by molar-refractivity contribution is -0.131. The van der Waals surface area contributed by atoms with Gasteiger partial charge in [0.1, 0.15) is 5.82 Å². The SMILES string of the molecule is Cc1cn(C)c(C2CCCN(C(=O)Cc3ccc4ccccc4c3)C2)n1. The Hall–Kier alpha value is -2.62. The van der Waals surface area contributed by atoms with Crippen molar-refractivity contribution in [1.82, 2.24) is 14.5 Å². The summed E-state index contributed by atoms with van der Waals surface area (Å²) >= 11 is 0. The summed E-state index contributed by atoms with van der Waals surface area (Å²) in [5.74, 6) is 1.66. The molecule has 1 atom stereocenters. The van der Waals surface area contributed by atoms with Crippen molar-refractivity contribution in [2.75, 3.05) is 13.1 Å². The van der Waals surface area contributed by atoms with Crippen molar-refractivity contribution in [3.8, 4) is 0 Å². The van der Waals surface area contributed by atoms with E-state index in [-0.39, 0.29) is 5.91 Å². The first-order valence-electron chi connectivity index (χ1n) is 9.35. The second-order valence-electron chi connectivity index (χ2n) is 7.39. The molecule has 1 aliphatic rings. The maximum absolute atomic E-state index is 12.9. The number of hydrogen-bond donors (Lipinski definition) is 0. The van der Waals surface area contributed by atoms with Gasteiger partial charge in [-0.25, -0.2) is 4.98 Å². The number of rotatable bonds is 3. The van der Waals surface area contributed by atoms with Crippen molar-refractivity contribution in [3.05, 3.63) is 65.7 Å². The zero-order valence-electron chi connectivity index (χ0n) is 15.5. The standard InChI is InChI=1S/C22H25N3O/c1-16-14-24(2)22(23-16)20-8-5-11-25(15-20)21(26)13-17-9-10-18-6-3-4-7-19(18)12-17/h3-4,6-7,9-10,12,14,20H,5,8,11,13,15H2,1-2H3. The van der Waals surface area contributed by atoms with Crippen molar-refractivity contribution >= 4 is 16.7 Å². The molecule has 4 rings (SSSR count). The molecule has 2 heterocycles. The fourth-order valence-corrected chi connectivity index (χ4v) is 4.06. The van der Waals surface area contributed by atoms with Gasteiger partial charge in [-0.2, -0.15) is 0 Å². The van der Waals surface area contributed by atoms with E-state index in [1.54, 1.807) is 0 Å². The molecule has 1 fully saturated rings. The number of nitrogens with zero attached hydrogens (tertiary/aromatic N) is 3. The van der Waals surface area contributed by atoms with Crippen LogP contribution in [0.15, 0.2) is 48.7 Å². The van der Waals surface area contributed by atoms with Crippen LogP contribution in [0, 0.1) is 6.92 Å². The van der Waals surface area contributed by atoms with Crippen LogP contribution in [-0.2, 0) is 18.3 Å². The van der Waals surface area contributed by atoms with Gasteiger partial charge in [-0.15, -0.1) is 0 Å². The molecule has 3 aromatic rings. The first-order valence-corrected chi connectivity index (χ1v) is 9.35. The molecule has 1 aliphatic heterocycles. The Morgan fingerprint density at radius 3 is 2.77 bits per heavy atom. The van der Waals surface area contributed by atoms with Crippen LogP contribution in [0.25, 0.3) is 10.8 Å². The first kappa shape index (κ1) is 16.8. The van der Waals surface area contributed by atoms with E-state index in [2.05, 4.69) is 46.1 Å². The number of amides is 1. The van der Waals surface area contributed by atoms with Crippen LogP contribution in [0.5, 0.6) is 0 Å². The number of piperidine rings is 1. The smallest absolute Gasteiger partial charge is 0.227 e. The maximum Gasteiger partial charge on any atom is 0.227 e. The van der Waals surface area contributed by atoms with E-state index in [9.17, 15) is 4.79 Å². The molecule has 1 unspecified atom stereocenters. The normalized spacial score (nSPS) is 17.6. The quantitative estimate of drug-likeness (QED) is 0.722. The van der Waals surface area contributed by atoms with Crippen LogP contribution < -0.4 is 0 Å². The van der Waals surface area contributed by atoms with E-state index < -0.39 is 0 Å². The van der Waals surface area contributed by atoms with Crippen molar-refractivity contribution in [2.45, 2.75) is 32.1 Å². The number of aryl methyl sites for hydroxylation is 2. The maximum atomic E-state index is 12.9. The highest BCUT2D eigenvalue weighted by atomic mass is 16.2. The number of hydrogen-bond acceptors (Lipinski definition) is 2.